The third-order valence-corrected chi connectivity index (χ3v) is 3.47. The number of halogens is 1. The van der Waals surface area contributed by atoms with Gasteiger partial charge < -0.3 is 0 Å². The van der Waals surface area contributed by atoms with Gasteiger partial charge in [-0.05, 0) is 23.5 Å². The molecule has 0 atom stereocenters. The Morgan fingerprint density at radius 2 is 2.00 bits per heavy atom. The van der Waals surface area contributed by atoms with E-state index in [0.29, 0.717) is 11.3 Å². The summed E-state index contributed by atoms with van der Waals surface area (Å²) < 4.78 is 0. The Balaban J connectivity index is 2.18. The molecule has 0 saturated heterocycles. The molecule has 0 aliphatic carbocycles. The van der Waals surface area contributed by atoms with Crippen molar-refractivity contribution in [1.29, 1.82) is 0 Å². The number of nitro groups is 2. The van der Waals surface area contributed by atoms with Gasteiger partial charge in [-0.3, -0.25) is 30.3 Å². The summed E-state index contributed by atoms with van der Waals surface area (Å²) >= 11 is 6.39. The number of amides is 1. The number of anilines is 1. The molecule has 1 heterocycles. The first-order valence-electron chi connectivity index (χ1n) is 5.24. The molecule has 0 fully saturated rings. The topological polar surface area (TPSA) is 128 Å². The molecule has 2 rings (SSSR count). The zero-order valence-corrected chi connectivity index (χ0v) is 11.6. The fourth-order valence-electron chi connectivity index (χ4n) is 1.37. The molecule has 0 saturated carbocycles. The van der Waals surface area contributed by atoms with E-state index >= 15 is 0 Å². The van der Waals surface area contributed by atoms with Crippen molar-refractivity contribution in [3.8, 4) is 0 Å². The van der Waals surface area contributed by atoms with Gasteiger partial charge in [-0.2, -0.15) is 0 Å². The van der Waals surface area contributed by atoms with Crippen LogP contribution in [0, 0.1) is 20.2 Å². The van der Waals surface area contributed by atoms with Crippen LogP contribution in [-0.4, -0.2) is 20.7 Å². The highest BCUT2D eigenvalue weighted by molar-refractivity contribution is 7.18. The molecule has 11 heteroatoms. The van der Waals surface area contributed by atoms with Crippen LogP contribution in [0.15, 0.2) is 24.4 Å². The lowest BCUT2D eigenvalue weighted by Crippen LogP contribution is -2.11. The number of benzene rings is 1. The Hall–Kier alpha value is -2.59. The number of nitrogens with zero attached hydrogens (tertiary/aromatic N) is 3. The molecule has 0 spiro atoms. The van der Waals surface area contributed by atoms with Gasteiger partial charge >= 0.3 is 5.00 Å². The van der Waals surface area contributed by atoms with Crippen LogP contribution < -0.4 is 5.32 Å². The zero-order valence-electron chi connectivity index (χ0n) is 9.98. The highest BCUT2D eigenvalue weighted by Crippen LogP contribution is 2.27. The number of carbonyl (C=O) groups is 1. The minimum absolute atomic E-state index is 0.0428. The minimum Gasteiger partial charge on any atom is -0.298 e. The van der Waals surface area contributed by atoms with Gasteiger partial charge in [0.2, 0.25) is 0 Å². The van der Waals surface area contributed by atoms with E-state index in [4.69, 9.17) is 11.6 Å². The second-order valence-corrected chi connectivity index (χ2v) is 5.05. The van der Waals surface area contributed by atoms with Gasteiger partial charge in [0, 0.05) is 11.6 Å². The maximum Gasteiger partial charge on any atom is 0.345 e. The maximum atomic E-state index is 11.9. The summed E-state index contributed by atoms with van der Waals surface area (Å²) in [6, 6.07) is 3.46. The average molecular weight is 329 g/mol. The first-order valence-corrected chi connectivity index (χ1v) is 6.43. The average Bonchev–Trinajstić information content (AvgIpc) is 2.86. The van der Waals surface area contributed by atoms with Crippen LogP contribution in [0.3, 0.4) is 0 Å². The fourth-order valence-corrected chi connectivity index (χ4v) is 2.25. The Morgan fingerprint density at radius 3 is 2.52 bits per heavy atom. The number of nitrogens with one attached hydrogen (secondary N) is 1. The van der Waals surface area contributed by atoms with E-state index < -0.39 is 15.8 Å². The molecule has 2 aromatic rings. The normalized spacial score (nSPS) is 10.1. The number of aromatic nitrogens is 1. The molecule has 0 bridgehead atoms. The predicted octanol–water partition coefficient (Wildman–Crippen LogP) is 2.87. The standard InChI is InChI=1S/C10H5ClN4O5S/c11-6-3-5(1-2-7(6)14(17)18)9(16)13-10-12-4-8(21-10)15(19)20/h1-4H,(H,12,13,16). The minimum atomic E-state index is -0.672. The van der Waals surface area contributed by atoms with Gasteiger partial charge in [-0.25, -0.2) is 4.98 Å². The van der Waals surface area contributed by atoms with Crippen LogP contribution in [0.25, 0.3) is 0 Å². The highest BCUT2D eigenvalue weighted by atomic mass is 35.5. The second kappa shape index (κ2) is 5.81. The molecule has 1 N–H and O–H groups in total. The first kappa shape index (κ1) is 14.8. The second-order valence-electron chi connectivity index (χ2n) is 3.64. The largest absolute Gasteiger partial charge is 0.345 e. The molecule has 0 aliphatic rings. The van der Waals surface area contributed by atoms with E-state index in [-0.39, 0.29) is 26.4 Å². The van der Waals surface area contributed by atoms with Crippen molar-refractivity contribution in [2.45, 2.75) is 0 Å². The predicted molar refractivity (Wildman–Crippen MR) is 74.8 cm³/mol. The molecule has 1 aromatic heterocycles. The van der Waals surface area contributed by atoms with Crippen molar-refractivity contribution in [2.24, 2.45) is 0 Å². The summed E-state index contributed by atoms with van der Waals surface area (Å²) in [5.74, 6) is -0.629. The smallest absolute Gasteiger partial charge is 0.298 e. The Kier molecular flexibility index (Phi) is 4.10. The van der Waals surface area contributed by atoms with Crippen LogP contribution in [0.4, 0.5) is 15.8 Å². The van der Waals surface area contributed by atoms with Crippen molar-refractivity contribution in [2.75, 3.05) is 5.32 Å². The van der Waals surface area contributed by atoms with E-state index in [9.17, 15) is 25.0 Å². The summed E-state index contributed by atoms with van der Waals surface area (Å²) in [5, 5.41) is 23.1. The van der Waals surface area contributed by atoms with Crippen LogP contribution in [0.1, 0.15) is 10.4 Å². The third-order valence-electron chi connectivity index (χ3n) is 2.30. The van der Waals surface area contributed by atoms with E-state index in [0.717, 1.165) is 18.3 Å². The van der Waals surface area contributed by atoms with Crippen LogP contribution in [0.2, 0.25) is 5.02 Å². The zero-order chi connectivity index (χ0) is 15.6. The molecule has 21 heavy (non-hydrogen) atoms. The van der Waals surface area contributed by atoms with Crippen LogP contribution >= 0.6 is 22.9 Å². The molecule has 0 radical (unpaired) electrons. The highest BCUT2D eigenvalue weighted by Gasteiger charge is 2.17. The molecule has 0 aliphatic heterocycles. The van der Waals surface area contributed by atoms with Crippen molar-refractivity contribution < 1.29 is 14.6 Å². The van der Waals surface area contributed by atoms with Gasteiger partial charge in [-0.1, -0.05) is 11.6 Å². The summed E-state index contributed by atoms with van der Waals surface area (Å²) in [7, 11) is 0. The monoisotopic (exact) mass is 328 g/mol. The van der Waals surface area contributed by atoms with Gasteiger partial charge in [0.1, 0.15) is 11.2 Å². The van der Waals surface area contributed by atoms with Crippen molar-refractivity contribution in [3.63, 3.8) is 0 Å². The molecular weight excluding hydrogens is 324 g/mol. The number of thiazole rings is 1. The quantitative estimate of drug-likeness (QED) is 0.678. The van der Waals surface area contributed by atoms with E-state index in [1.165, 1.54) is 6.07 Å². The summed E-state index contributed by atoms with van der Waals surface area (Å²) in [4.78, 5) is 35.4. The Bertz CT molecular complexity index is 747. The number of hydrogen-bond acceptors (Lipinski definition) is 7. The molecule has 1 aromatic carbocycles. The first-order chi connectivity index (χ1) is 9.88. The van der Waals surface area contributed by atoms with Gasteiger partial charge in [0.15, 0.2) is 5.13 Å². The van der Waals surface area contributed by atoms with Gasteiger partial charge in [0.25, 0.3) is 11.6 Å². The molecular formula is C10H5ClN4O5S. The van der Waals surface area contributed by atoms with Gasteiger partial charge in [0.05, 0.1) is 9.85 Å². The number of nitro benzene ring substituents is 1. The lowest BCUT2D eigenvalue weighted by atomic mass is 10.2. The Morgan fingerprint density at radius 1 is 1.29 bits per heavy atom. The number of carbonyl (C=O) groups excluding carboxylic acids is 1. The Labute approximate surface area is 125 Å². The lowest BCUT2D eigenvalue weighted by molar-refractivity contribution is -0.384. The van der Waals surface area contributed by atoms with E-state index in [2.05, 4.69) is 10.3 Å². The fraction of sp³-hybridized carbons (Fsp3) is 0. The third kappa shape index (κ3) is 3.30. The molecule has 108 valence electrons. The lowest BCUT2D eigenvalue weighted by Gasteiger charge is -2.02. The maximum absolute atomic E-state index is 11.9. The van der Waals surface area contributed by atoms with E-state index in [1.807, 2.05) is 0 Å². The van der Waals surface area contributed by atoms with Crippen molar-refractivity contribution in [1.82, 2.24) is 4.98 Å². The van der Waals surface area contributed by atoms with Crippen molar-refractivity contribution >= 4 is 44.7 Å². The van der Waals surface area contributed by atoms with E-state index in [1.54, 1.807) is 0 Å². The SMILES string of the molecule is O=C(Nc1ncc([N+](=O)[O-])s1)c1ccc([N+](=O)[O-])c(Cl)c1. The number of rotatable bonds is 4. The van der Waals surface area contributed by atoms with Crippen LogP contribution in [-0.2, 0) is 0 Å². The van der Waals surface area contributed by atoms with Crippen molar-refractivity contribution in [3.05, 3.63) is 55.2 Å². The number of hydrogen-bond donors (Lipinski definition) is 1. The summed E-state index contributed by atoms with van der Waals surface area (Å²) in [6.45, 7) is 0. The summed E-state index contributed by atoms with van der Waals surface area (Å²) in [6.07, 6.45) is 1.02. The van der Waals surface area contributed by atoms with Crippen LogP contribution in [0.5, 0.6) is 0 Å². The van der Waals surface area contributed by atoms with Gasteiger partial charge in [-0.15, -0.1) is 0 Å². The molecule has 1 amide bonds. The molecule has 9 nitrogen and oxygen atoms in total. The summed E-state index contributed by atoms with van der Waals surface area (Å²) in [5.41, 5.74) is -0.249. The molecule has 0 unspecified atom stereocenters.